The molecule has 0 fully saturated rings. The summed E-state index contributed by atoms with van der Waals surface area (Å²) in [6, 6.07) is 0.800. The van der Waals surface area contributed by atoms with Gasteiger partial charge in [0.05, 0.1) is 11.8 Å². The number of benzene rings is 1. The van der Waals surface area contributed by atoms with Crippen molar-refractivity contribution < 1.29 is 22.0 Å². The summed E-state index contributed by atoms with van der Waals surface area (Å²) < 4.78 is 49.1. The van der Waals surface area contributed by atoms with Gasteiger partial charge in [0.1, 0.15) is 15.5 Å². The first-order valence-corrected chi connectivity index (χ1v) is 8.34. The van der Waals surface area contributed by atoms with Crippen LogP contribution in [0.2, 0.25) is 0 Å². The SMILES string of the molecule is CS(=O)(=O)CCC(N)C(=O)Nc1c(F)cc(Br)cc1F. The summed E-state index contributed by atoms with van der Waals surface area (Å²) in [7, 11) is -3.26. The van der Waals surface area contributed by atoms with Gasteiger partial charge in [0, 0.05) is 10.7 Å². The highest BCUT2D eigenvalue weighted by molar-refractivity contribution is 9.10. The molecule has 1 unspecified atom stereocenters. The van der Waals surface area contributed by atoms with Gasteiger partial charge in [-0.2, -0.15) is 0 Å². The summed E-state index contributed by atoms with van der Waals surface area (Å²) in [5, 5.41) is 2.01. The Labute approximate surface area is 123 Å². The van der Waals surface area contributed by atoms with Crippen LogP contribution in [0.15, 0.2) is 16.6 Å². The zero-order chi connectivity index (χ0) is 15.5. The van der Waals surface area contributed by atoms with Crippen LogP contribution in [-0.2, 0) is 14.6 Å². The van der Waals surface area contributed by atoms with E-state index in [1.807, 2.05) is 5.32 Å². The quantitative estimate of drug-likeness (QED) is 0.820. The van der Waals surface area contributed by atoms with Crippen molar-refractivity contribution in [2.45, 2.75) is 12.5 Å². The van der Waals surface area contributed by atoms with Crippen LogP contribution < -0.4 is 11.1 Å². The molecule has 0 aliphatic heterocycles. The van der Waals surface area contributed by atoms with Crippen molar-refractivity contribution in [3.05, 3.63) is 28.2 Å². The number of hydrogen-bond donors (Lipinski definition) is 2. The topological polar surface area (TPSA) is 89.3 Å². The molecule has 0 saturated carbocycles. The fraction of sp³-hybridized carbons (Fsp3) is 0.364. The highest BCUT2D eigenvalue weighted by Gasteiger charge is 2.19. The standard InChI is InChI=1S/C11H13BrF2N2O3S/c1-20(18,19)3-2-9(15)11(17)16-10-7(13)4-6(12)5-8(10)14/h4-5,9H,2-3,15H2,1H3,(H,16,17). The normalized spacial score (nSPS) is 13.1. The van der Waals surface area contributed by atoms with Gasteiger partial charge in [0.25, 0.3) is 0 Å². The van der Waals surface area contributed by atoms with Crippen LogP contribution in [0.1, 0.15) is 6.42 Å². The Balaban J connectivity index is 2.76. The second-order valence-corrected chi connectivity index (χ2v) is 7.43. The molecular formula is C11H13BrF2N2O3S. The Morgan fingerprint density at radius 2 is 1.90 bits per heavy atom. The minimum atomic E-state index is -3.26. The number of carbonyl (C=O) groups is 1. The van der Waals surface area contributed by atoms with Gasteiger partial charge < -0.3 is 11.1 Å². The zero-order valence-electron chi connectivity index (χ0n) is 10.5. The van der Waals surface area contributed by atoms with E-state index in [-0.39, 0.29) is 16.6 Å². The summed E-state index contributed by atoms with van der Waals surface area (Å²) in [5.41, 5.74) is 4.85. The summed E-state index contributed by atoms with van der Waals surface area (Å²) >= 11 is 2.90. The third kappa shape index (κ3) is 5.14. The van der Waals surface area contributed by atoms with Crippen molar-refractivity contribution in [3.63, 3.8) is 0 Å². The van der Waals surface area contributed by atoms with Crippen molar-refractivity contribution in [3.8, 4) is 0 Å². The van der Waals surface area contributed by atoms with E-state index >= 15 is 0 Å². The molecule has 0 aliphatic rings. The van der Waals surface area contributed by atoms with Crippen LogP contribution in [0, 0.1) is 11.6 Å². The molecular weight excluding hydrogens is 358 g/mol. The van der Waals surface area contributed by atoms with Gasteiger partial charge >= 0.3 is 0 Å². The van der Waals surface area contributed by atoms with E-state index < -0.39 is 39.1 Å². The second-order valence-electron chi connectivity index (χ2n) is 4.26. The second kappa shape index (κ2) is 6.59. The first-order valence-electron chi connectivity index (χ1n) is 5.49. The average Bonchev–Trinajstić information content (AvgIpc) is 2.29. The number of carbonyl (C=O) groups excluding carboxylic acids is 1. The van der Waals surface area contributed by atoms with E-state index in [1.165, 1.54) is 0 Å². The van der Waals surface area contributed by atoms with Gasteiger partial charge in [-0.1, -0.05) is 15.9 Å². The number of hydrogen-bond acceptors (Lipinski definition) is 4. The van der Waals surface area contributed by atoms with Gasteiger partial charge in [0.2, 0.25) is 5.91 Å². The lowest BCUT2D eigenvalue weighted by Crippen LogP contribution is -2.37. The maximum Gasteiger partial charge on any atom is 0.241 e. The highest BCUT2D eigenvalue weighted by Crippen LogP contribution is 2.23. The fourth-order valence-electron chi connectivity index (χ4n) is 1.35. The number of anilines is 1. The molecule has 112 valence electrons. The lowest BCUT2D eigenvalue weighted by atomic mass is 10.2. The number of amides is 1. The Hall–Kier alpha value is -1.06. The smallest absolute Gasteiger partial charge is 0.241 e. The fourth-order valence-corrected chi connectivity index (χ4v) is 2.43. The van der Waals surface area contributed by atoms with Crippen molar-refractivity contribution in [1.82, 2.24) is 0 Å². The molecule has 20 heavy (non-hydrogen) atoms. The molecule has 0 bridgehead atoms. The van der Waals surface area contributed by atoms with Gasteiger partial charge in [0.15, 0.2) is 11.6 Å². The predicted molar refractivity (Wildman–Crippen MR) is 75.0 cm³/mol. The van der Waals surface area contributed by atoms with Crippen molar-refractivity contribution in [2.75, 3.05) is 17.3 Å². The average molecular weight is 371 g/mol. The van der Waals surface area contributed by atoms with Gasteiger partial charge in [-0.25, -0.2) is 17.2 Å². The maximum atomic E-state index is 13.5. The number of nitrogens with two attached hydrogens (primary N) is 1. The van der Waals surface area contributed by atoms with E-state index in [1.54, 1.807) is 0 Å². The van der Waals surface area contributed by atoms with E-state index in [2.05, 4.69) is 15.9 Å². The summed E-state index contributed by atoms with van der Waals surface area (Å²) in [5.74, 6) is -3.05. The first-order chi connectivity index (χ1) is 9.10. The van der Waals surface area contributed by atoms with E-state index in [0.29, 0.717) is 0 Å². The van der Waals surface area contributed by atoms with Crippen molar-refractivity contribution in [1.29, 1.82) is 0 Å². The van der Waals surface area contributed by atoms with Gasteiger partial charge in [-0.05, 0) is 18.6 Å². The lowest BCUT2D eigenvalue weighted by molar-refractivity contribution is -0.117. The lowest BCUT2D eigenvalue weighted by Gasteiger charge is -2.13. The molecule has 0 heterocycles. The first kappa shape index (κ1) is 17.0. The van der Waals surface area contributed by atoms with Crippen LogP contribution in [-0.4, -0.2) is 32.4 Å². The van der Waals surface area contributed by atoms with Gasteiger partial charge in [-0.15, -0.1) is 0 Å². The molecule has 0 radical (unpaired) electrons. The van der Waals surface area contributed by atoms with Crippen LogP contribution in [0.5, 0.6) is 0 Å². The summed E-state index contributed by atoms with van der Waals surface area (Å²) in [4.78, 5) is 11.6. The molecule has 0 saturated heterocycles. The Morgan fingerprint density at radius 1 is 1.40 bits per heavy atom. The minimum Gasteiger partial charge on any atom is -0.320 e. The molecule has 1 aromatic carbocycles. The number of halogens is 3. The molecule has 0 aliphatic carbocycles. The van der Waals surface area contributed by atoms with Crippen LogP contribution in [0.3, 0.4) is 0 Å². The molecule has 1 rings (SSSR count). The highest BCUT2D eigenvalue weighted by atomic mass is 79.9. The number of rotatable bonds is 5. The third-order valence-corrected chi connectivity index (χ3v) is 3.83. The Kier molecular flexibility index (Phi) is 5.60. The summed E-state index contributed by atoms with van der Waals surface area (Å²) in [6.45, 7) is 0. The molecule has 0 spiro atoms. The molecule has 9 heteroatoms. The van der Waals surface area contributed by atoms with Crippen LogP contribution in [0.4, 0.5) is 14.5 Å². The van der Waals surface area contributed by atoms with E-state index in [0.717, 1.165) is 18.4 Å². The molecule has 0 aromatic heterocycles. The molecule has 1 aromatic rings. The van der Waals surface area contributed by atoms with E-state index in [4.69, 9.17) is 5.73 Å². The third-order valence-electron chi connectivity index (χ3n) is 2.39. The predicted octanol–water partition coefficient (Wildman–Crippen LogP) is 1.43. The Bertz CT molecular complexity index is 599. The van der Waals surface area contributed by atoms with Gasteiger partial charge in [-0.3, -0.25) is 4.79 Å². The van der Waals surface area contributed by atoms with Crippen molar-refractivity contribution >= 4 is 37.4 Å². The molecule has 1 atom stereocenters. The molecule has 1 amide bonds. The largest absolute Gasteiger partial charge is 0.320 e. The number of sulfone groups is 1. The monoisotopic (exact) mass is 370 g/mol. The summed E-state index contributed by atoms with van der Waals surface area (Å²) in [6.07, 6.45) is 0.871. The molecule has 3 N–H and O–H groups in total. The van der Waals surface area contributed by atoms with E-state index in [9.17, 15) is 22.0 Å². The van der Waals surface area contributed by atoms with Crippen molar-refractivity contribution in [2.24, 2.45) is 5.73 Å². The van der Waals surface area contributed by atoms with Crippen LogP contribution in [0.25, 0.3) is 0 Å². The Morgan fingerprint density at radius 3 is 2.35 bits per heavy atom. The maximum absolute atomic E-state index is 13.5. The zero-order valence-corrected chi connectivity index (χ0v) is 12.9. The van der Waals surface area contributed by atoms with Crippen LogP contribution >= 0.6 is 15.9 Å². The minimum absolute atomic E-state index is 0.134. The number of nitrogens with one attached hydrogen (secondary N) is 1. The molecule has 5 nitrogen and oxygen atoms in total.